The molecule has 24 heavy (non-hydrogen) atoms. The topological polar surface area (TPSA) is 57.0 Å². The molecule has 0 unspecified atom stereocenters. The first-order chi connectivity index (χ1) is 11.4. The molecule has 0 saturated carbocycles. The SMILES string of the molecule is CCOC(=O)c1ccc(-n2nnc3cc(C(F)(F)F)ccc32)cc1. The summed E-state index contributed by atoms with van der Waals surface area (Å²) in [5.41, 5.74) is 0.751. The minimum atomic E-state index is -4.43. The Morgan fingerprint density at radius 3 is 2.50 bits per heavy atom. The third-order valence-electron chi connectivity index (χ3n) is 3.40. The van der Waals surface area contributed by atoms with E-state index in [2.05, 4.69) is 10.3 Å². The molecule has 0 aliphatic carbocycles. The van der Waals surface area contributed by atoms with Gasteiger partial charge in [0.15, 0.2) is 0 Å². The lowest BCUT2D eigenvalue weighted by Crippen LogP contribution is -2.05. The summed E-state index contributed by atoms with van der Waals surface area (Å²) in [5, 5.41) is 7.66. The van der Waals surface area contributed by atoms with Crippen LogP contribution in [-0.2, 0) is 10.9 Å². The van der Waals surface area contributed by atoms with Gasteiger partial charge in [-0.3, -0.25) is 0 Å². The molecule has 1 heterocycles. The summed E-state index contributed by atoms with van der Waals surface area (Å²) in [4.78, 5) is 11.6. The third kappa shape index (κ3) is 2.94. The van der Waals surface area contributed by atoms with Gasteiger partial charge in [0, 0.05) is 0 Å². The second-order valence-electron chi connectivity index (χ2n) is 4.97. The number of hydrogen-bond acceptors (Lipinski definition) is 4. The van der Waals surface area contributed by atoms with Crippen molar-refractivity contribution in [1.29, 1.82) is 0 Å². The summed E-state index contributed by atoms with van der Waals surface area (Å²) in [7, 11) is 0. The average molecular weight is 335 g/mol. The van der Waals surface area contributed by atoms with Gasteiger partial charge in [0.25, 0.3) is 0 Å². The molecule has 1 aromatic heterocycles. The van der Waals surface area contributed by atoms with Crippen molar-refractivity contribution in [3.8, 4) is 5.69 Å². The van der Waals surface area contributed by atoms with Crippen LogP contribution < -0.4 is 0 Å². The highest BCUT2D eigenvalue weighted by molar-refractivity contribution is 5.89. The van der Waals surface area contributed by atoms with Gasteiger partial charge in [0.2, 0.25) is 0 Å². The molecule has 0 aliphatic rings. The highest BCUT2D eigenvalue weighted by Crippen LogP contribution is 2.31. The van der Waals surface area contributed by atoms with Crippen molar-refractivity contribution >= 4 is 17.0 Å². The Hall–Kier alpha value is -2.90. The zero-order valence-corrected chi connectivity index (χ0v) is 12.5. The van der Waals surface area contributed by atoms with E-state index in [1.807, 2.05) is 0 Å². The Kier molecular flexibility index (Phi) is 3.96. The largest absolute Gasteiger partial charge is 0.462 e. The molecule has 0 atom stereocenters. The number of hydrogen-bond donors (Lipinski definition) is 0. The van der Waals surface area contributed by atoms with Gasteiger partial charge in [0.1, 0.15) is 5.52 Å². The number of ether oxygens (including phenoxy) is 1. The maximum absolute atomic E-state index is 12.7. The van der Waals surface area contributed by atoms with Crippen LogP contribution in [0.25, 0.3) is 16.7 Å². The number of rotatable bonds is 3. The Labute approximate surface area is 134 Å². The van der Waals surface area contributed by atoms with Crippen molar-refractivity contribution in [2.45, 2.75) is 13.1 Å². The van der Waals surface area contributed by atoms with Gasteiger partial charge in [-0.1, -0.05) is 5.21 Å². The van der Waals surface area contributed by atoms with Crippen molar-refractivity contribution in [2.24, 2.45) is 0 Å². The number of esters is 1. The van der Waals surface area contributed by atoms with Crippen LogP contribution in [-0.4, -0.2) is 27.6 Å². The quantitative estimate of drug-likeness (QED) is 0.686. The van der Waals surface area contributed by atoms with Gasteiger partial charge in [-0.15, -0.1) is 5.10 Å². The Morgan fingerprint density at radius 1 is 1.17 bits per heavy atom. The number of aromatic nitrogens is 3. The average Bonchev–Trinajstić information content (AvgIpc) is 2.97. The van der Waals surface area contributed by atoms with Gasteiger partial charge in [0.05, 0.1) is 28.9 Å². The van der Waals surface area contributed by atoms with Crippen LogP contribution in [0, 0.1) is 0 Å². The summed E-state index contributed by atoms with van der Waals surface area (Å²) >= 11 is 0. The summed E-state index contributed by atoms with van der Waals surface area (Å²) in [5.74, 6) is -0.442. The van der Waals surface area contributed by atoms with E-state index < -0.39 is 17.7 Å². The molecule has 8 heteroatoms. The maximum atomic E-state index is 12.7. The highest BCUT2D eigenvalue weighted by Gasteiger charge is 2.31. The van der Waals surface area contributed by atoms with E-state index in [0.717, 1.165) is 12.1 Å². The summed E-state index contributed by atoms with van der Waals surface area (Å²) < 4.78 is 44.5. The number of benzene rings is 2. The summed E-state index contributed by atoms with van der Waals surface area (Å²) in [6, 6.07) is 9.62. The fraction of sp³-hybridized carbons (Fsp3) is 0.188. The van der Waals surface area contributed by atoms with Crippen LogP contribution in [0.15, 0.2) is 42.5 Å². The van der Waals surface area contributed by atoms with Crippen molar-refractivity contribution < 1.29 is 22.7 Å². The Morgan fingerprint density at radius 2 is 1.88 bits per heavy atom. The number of alkyl halides is 3. The van der Waals surface area contributed by atoms with E-state index in [1.54, 1.807) is 31.2 Å². The highest BCUT2D eigenvalue weighted by atomic mass is 19.4. The Balaban J connectivity index is 1.96. The minimum Gasteiger partial charge on any atom is -0.462 e. The molecule has 0 amide bonds. The third-order valence-corrected chi connectivity index (χ3v) is 3.40. The molecule has 0 fully saturated rings. The van der Waals surface area contributed by atoms with Crippen LogP contribution in [0.4, 0.5) is 13.2 Å². The predicted octanol–water partition coefficient (Wildman–Crippen LogP) is 3.62. The molecular weight excluding hydrogens is 323 g/mol. The van der Waals surface area contributed by atoms with Gasteiger partial charge >= 0.3 is 12.1 Å². The van der Waals surface area contributed by atoms with Crippen molar-refractivity contribution in [3.05, 3.63) is 53.6 Å². The second kappa shape index (κ2) is 5.95. The lowest BCUT2D eigenvalue weighted by molar-refractivity contribution is -0.137. The van der Waals surface area contributed by atoms with E-state index >= 15 is 0 Å². The number of carbonyl (C=O) groups excluding carboxylic acids is 1. The van der Waals surface area contributed by atoms with Crippen LogP contribution in [0.5, 0.6) is 0 Å². The molecule has 0 saturated heterocycles. The van der Waals surface area contributed by atoms with E-state index in [9.17, 15) is 18.0 Å². The van der Waals surface area contributed by atoms with E-state index in [1.165, 1.54) is 10.7 Å². The normalized spacial score (nSPS) is 11.7. The predicted molar refractivity (Wildman–Crippen MR) is 79.8 cm³/mol. The zero-order valence-electron chi connectivity index (χ0n) is 12.5. The van der Waals surface area contributed by atoms with Gasteiger partial charge in [-0.25, -0.2) is 9.48 Å². The standard InChI is InChI=1S/C16H12F3N3O2/c1-2-24-15(23)10-3-6-12(7-4-10)22-14-8-5-11(16(17,18)19)9-13(14)20-21-22/h3-9H,2H2,1H3. The maximum Gasteiger partial charge on any atom is 0.416 e. The lowest BCUT2D eigenvalue weighted by atomic mass is 10.2. The van der Waals surface area contributed by atoms with Crippen molar-refractivity contribution in [1.82, 2.24) is 15.0 Å². The van der Waals surface area contributed by atoms with Crippen molar-refractivity contribution in [3.63, 3.8) is 0 Å². The molecule has 0 bridgehead atoms. The van der Waals surface area contributed by atoms with Crippen LogP contribution in [0.3, 0.4) is 0 Å². The van der Waals surface area contributed by atoms with Gasteiger partial charge in [-0.2, -0.15) is 13.2 Å². The van der Waals surface area contributed by atoms with Gasteiger partial charge in [-0.05, 0) is 49.4 Å². The number of fused-ring (bicyclic) bond motifs is 1. The number of carbonyl (C=O) groups is 1. The molecule has 0 N–H and O–H groups in total. The van der Waals surface area contributed by atoms with E-state index in [0.29, 0.717) is 16.8 Å². The zero-order chi connectivity index (χ0) is 17.3. The van der Waals surface area contributed by atoms with Crippen molar-refractivity contribution in [2.75, 3.05) is 6.61 Å². The van der Waals surface area contributed by atoms with Crippen LogP contribution >= 0.6 is 0 Å². The molecule has 5 nitrogen and oxygen atoms in total. The second-order valence-corrected chi connectivity index (χ2v) is 4.97. The molecule has 0 aliphatic heterocycles. The monoisotopic (exact) mass is 335 g/mol. The molecule has 0 spiro atoms. The van der Waals surface area contributed by atoms with E-state index in [-0.39, 0.29) is 12.1 Å². The molecule has 3 rings (SSSR count). The molecular formula is C16H12F3N3O2. The molecule has 0 radical (unpaired) electrons. The van der Waals surface area contributed by atoms with Gasteiger partial charge < -0.3 is 4.74 Å². The first-order valence-corrected chi connectivity index (χ1v) is 7.10. The number of halogens is 3. The summed E-state index contributed by atoms with van der Waals surface area (Å²) in [6.07, 6.45) is -4.43. The van der Waals surface area contributed by atoms with Crippen LogP contribution in [0.1, 0.15) is 22.8 Å². The fourth-order valence-corrected chi connectivity index (χ4v) is 2.24. The number of nitrogens with zero attached hydrogens (tertiary/aromatic N) is 3. The first-order valence-electron chi connectivity index (χ1n) is 7.10. The fourth-order valence-electron chi connectivity index (χ4n) is 2.24. The summed E-state index contributed by atoms with van der Waals surface area (Å²) in [6.45, 7) is 1.98. The minimum absolute atomic E-state index is 0.138. The molecule has 2 aromatic carbocycles. The smallest absolute Gasteiger partial charge is 0.416 e. The molecule has 124 valence electrons. The first kappa shape index (κ1) is 16.0. The van der Waals surface area contributed by atoms with E-state index in [4.69, 9.17) is 4.74 Å². The lowest BCUT2D eigenvalue weighted by Gasteiger charge is -2.07. The van der Waals surface area contributed by atoms with Crippen LogP contribution in [0.2, 0.25) is 0 Å². The molecule has 3 aromatic rings. The Bertz CT molecular complexity index is 886.